The van der Waals surface area contributed by atoms with Crippen molar-refractivity contribution in [1.29, 1.82) is 0 Å². The Morgan fingerprint density at radius 1 is 1.09 bits per heavy atom. The van der Waals surface area contributed by atoms with Gasteiger partial charge in [-0.25, -0.2) is 9.37 Å². The van der Waals surface area contributed by atoms with Gasteiger partial charge in [-0.1, -0.05) is 0 Å². The average molecular weight is 451 g/mol. The lowest BCUT2D eigenvalue weighted by molar-refractivity contribution is 0.0839. The Hall–Kier alpha value is -3.04. The van der Waals surface area contributed by atoms with Gasteiger partial charge in [0.05, 0.1) is 17.9 Å². The van der Waals surface area contributed by atoms with Gasteiger partial charge in [0.1, 0.15) is 5.69 Å². The lowest BCUT2D eigenvalue weighted by atomic mass is 9.94. The quantitative estimate of drug-likeness (QED) is 0.558. The van der Waals surface area contributed by atoms with Crippen molar-refractivity contribution in [2.24, 2.45) is 0 Å². The SMILES string of the molecule is FC1(c2cc(Nc3ncccc3Oc3cn(C4CC4)nc3C3CCOCC3)ccn2)CNC1. The van der Waals surface area contributed by atoms with Gasteiger partial charge in [-0.05, 0) is 49.9 Å². The molecule has 0 radical (unpaired) electrons. The summed E-state index contributed by atoms with van der Waals surface area (Å²) in [6.07, 6.45) is 9.53. The van der Waals surface area contributed by atoms with E-state index in [0.29, 0.717) is 34.9 Å². The number of pyridine rings is 2. The molecule has 2 saturated heterocycles. The molecule has 3 aliphatic rings. The molecule has 9 heteroatoms. The van der Waals surface area contributed by atoms with Gasteiger partial charge >= 0.3 is 0 Å². The summed E-state index contributed by atoms with van der Waals surface area (Å²) in [5, 5.41) is 11.2. The molecule has 0 spiro atoms. The van der Waals surface area contributed by atoms with E-state index in [1.165, 1.54) is 0 Å². The highest BCUT2D eigenvalue weighted by molar-refractivity contribution is 5.63. The lowest BCUT2D eigenvalue weighted by Crippen LogP contribution is -2.54. The van der Waals surface area contributed by atoms with Crippen molar-refractivity contribution in [3.05, 3.63) is 54.2 Å². The molecule has 0 unspecified atom stereocenters. The molecule has 5 heterocycles. The van der Waals surface area contributed by atoms with Gasteiger partial charge in [0.15, 0.2) is 23.0 Å². The molecule has 3 aromatic rings. The zero-order valence-electron chi connectivity index (χ0n) is 18.3. The van der Waals surface area contributed by atoms with Crippen LogP contribution in [-0.2, 0) is 10.4 Å². The number of hydrogen-bond donors (Lipinski definition) is 2. The Morgan fingerprint density at radius 2 is 1.94 bits per heavy atom. The summed E-state index contributed by atoms with van der Waals surface area (Å²) in [6.45, 7) is 2.05. The predicted octanol–water partition coefficient (Wildman–Crippen LogP) is 4.21. The van der Waals surface area contributed by atoms with Crippen LogP contribution in [0.15, 0.2) is 42.9 Å². The number of alkyl halides is 1. The molecular formula is C24H27FN6O2. The third-order valence-corrected chi connectivity index (χ3v) is 6.54. The molecule has 1 aliphatic carbocycles. The summed E-state index contributed by atoms with van der Waals surface area (Å²) in [7, 11) is 0. The largest absolute Gasteiger partial charge is 0.450 e. The molecule has 0 atom stereocenters. The second-order valence-electron chi connectivity index (χ2n) is 9.05. The van der Waals surface area contributed by atoms with Crippen molar-refractivity contribution < 1.29 is 13.9 Å². The average Bonchev–Trinajstić information content (AvgIpc) is 3.60. The number of nitrogens with zero attached hydrogens (tertiary/aromatic N) is 4. The van der Waals surface area contributed by atoms with E-state index in [0.717, 1.165) is 50.3 Å². The molecule has 2 aliphatic heterocycles. The highest BCUT2D eigenvalue weighted by atomic mass is 19.1. The number of nitrogens with one attached hydrogen (secondary N) is 2. The number of halogens is 1. The zero-order valence-corrected chi connectivity index (χ0v) is 18.3. The minimum absolute atomic E-state index is 0.279. The maximum atomic E-state index is 14.8. The van der Waals surface area contributed by atoms with Crippen molar-refractivity contribution >= 4 is 11.5 Å². The van der Waals surface area contributed by atoms with Gasteiger partial charge in [-0.3, -0.25) is 9.67 Å². The Bertz CT molecular complexity index is 1140. The molecule has 0 bridgehead atoms. The molecule has 33 heavy (non-hydrogen) atoms. The van der Waals surface area contributed by atoms with Crippen LogP contribution in [-0.4, -0.2) is 46.1 Å². The van der Waals surface area contributed by atoms with Crippen LogP contribution < -0.4 is 15.4 Å². The second kappa shape index (κ2) is 8.39. The van der Waals surface area contributed by atoms with Crippen LogP contribution >= 0.6 is 0 Å². The van der Waals surface area contributed by atoms with Crippen LogP contribution in [0.4, 0.5) is 15.9 Å². The molecule has 0 aromatic carbocycles. The first kappa shape index (κ1) is 20.6. The number of hydrogen-bond acceptors (Lipinski definition) is 7. The molecule has 2 N–H and O–H groups in total. The predicted molar refractivity (Wildman–Crippen MR) is 121 cm³/mol. The summed E-state index contributed by atoms with van der Waals surface area (Å²) >= 11 is 0. The van der Waals surface area contributed by atoms with Gasteiger partial charge in [0.2, 0.25) is 0 Å². The van der Waals surface area contributed by atoms with Crippen LogP contribution in [0.2, 0.25) is 0 Å². The molecule has 0 amide bonds. The summed E-state index contributed by atoms with van der Waals surface area (Å²) in [5.41, 5.74) is 0.697. The molecule has 172 valence electrons. The fourth-order valence-electron chi connectivity index (χ4n) is 4.35. The van der Waals surface area contributed by atoms with Gasteiger partial charge in [-0.15, -0.1) is 0 Å². The third-order valence-electron chi connectivity index (χ3n) is 6.54. The van der Waals surface area contributed by atoms with E-state index >= 15 is 0 Å². The number of anilines is 2. The summed E-state index contributed by atoms with van der Waals surface area (Å²) in [4.78, 5) is 8.71. The van der Waals surface area contributed by atoms with Gasteiger partial charge in [-0.2, -0.15) is 5.10 Å². The molecule has 1 saturated carbocycles. The minimum Gasteiger partial charge on any atom is -0.450 e. The first-order valence-electron chi connectivity index (χ1n) is 11.6. The number of aromatic nitrogens is 4. The monoisotopic (exact) mass is 450 g/mol. The highest BCUT2D eigenvalue weighted by Crippen LogP contribution is 2.41. The van der Waals surface area contributed by atoms with E-state index in [4.69, 9.17) is 14.6 Å². The van der Waals surface area contributed by atoms with E-state index in [1.807, 2.05) is 23.0 Å². The van der Waals surface area contributed by atoms with E-state index in [9.17, 15) is 4.39 Å². The first-order valence-corrected chi connectivity index (χ1v) is 11.6. The Labute approximate surface area is 191 Å². The van der Waals surface area contributed by atoms with Gasteiger partial charge in [0, 0.05) is 50.3 Å². The van der Waals surface area contributed by atoms with Crippen LogP contribution in [0.3, 0.4) is 0 Å². The molecule has 6 rings (SSSR count). The summed E-state index contributed by atoms with van der Waals surface area (Å²) < 4.78 is 28.8. The van der Waals surface area contributed by atoms with Crippen molar-refractivity contribution in [1.82, 2.24) is 25.1 Å². The van der Waals surface area contributed by atoms with Crippen molar-refractivity contribution in [2.45, 2.75) is 43.3 Å². The van der Waals surface area contributed by atoms with Crippen LogP contribution in [0.25, 0.3) is 0 Å². The topological polar surface area (TPSA) is 86.1 Å². The minimum atomic E-state index is -1.42. The fourth-order valence-corrected chi connectivity index (χ4v) is 4.35. The smallest absolute Gasteiger partial charge is 0.177 e. The summed E-state index contributed by atoms with van der Waals surface area (Å²) in [6, 6.07) is 7.73. The molecule has 3 aromatic heterocycles. The Morgan fingerprint density at radius 3 is 2.70 bits per heavy atom. The summed E-state index contributed by atoms with van der Waals surface area (Å²) in [5.74, 6) is 2.25. The second-order valence-corrected chi connectivity index (χ2v) is 9.05. The Balaban J connectivity index is 1.27. The van der Waals surface area contributed by atoms with E-state index in [-0.39, 0.29) is 13.1 Å². The zero-order chi connectivity index (χ0) is 22.3. The van der Waals surface area contributed by atoms with Crippen molar-refractivity contribution in [2.75, 3.05) is 31.6 Å². The Kier molecular flexibility index (Phi) is 5.22. The van der Waals surface area contributed by atoms with E-state index in [1.54, 1.807) is 24.5 Å². The van der Waals surface area contributed by atoms with Crippen molar-refractivity contribution in [3.63, 3.8) is 0 Å². The number of rotatable bonds is 7. The van der Waals surface area contributed by atoms with E-state index < -0.39 is 5.67 Å². The van der Waals surface area contributed by atoms with Crippen molar-refractivity contribution in [3.8, 4) is 11.5 Å². The van der Waals surface area contributed by atoms with Crippen LogP contribution in [0.5, 0.6) is 11.5 Å². The molecular weight excluding hydrogens is 423 g/mol. The van der Waals surface area contributed by atoms with Gasteiger partial charge in [0.25, 0.3) is 0 Å². The normalized spacial score (nSPS) is 20.3. The maximum absolute atomic E-state index is 14.8. The molecule has 8 nitrogen and oxygen atoms in total. The standard InChI is InChI=1S/C24H27FN6O2/c25-24(14-26-15-24)21-12-17(5-9-27-21)29-23-19(2-1-8-28-23)33-20-13-31(18-3-4-18)30-22(20)16-6-10-32-11-7-16/h1-2,5,8-9,12-13,16,18,26H,3-4,6-7,10-11,14-15H2,(H,27,28,29). The molecule has 3 fully saturated rings. The number of ether oxygens (including phenoxy) is 2. The fraction of sp³-hybridized carbons (Fsp3) is 0.458. The lowest BCUT2D eigenvalue weighted by Gasteiger charge is -2.34. The van der Waals surface area contributed by atoms with Crippen LogP contribution in [0, 0.1) is 0 Å². The van der Waals surface area contributed by atoms with E-state index in [2.05, 4.69) is 20.6 Å². The van der Waals surface area contributed by atoms with Gasteiger partial charge < -0.3 is 20.1 Å². The first-order chi connectivity index (χ1) is 16.2. The third kappa shape index (κ3) is 4.18. The van der Waals surface area contributed by atoms with Crippen LogP contribution in [0.1, 0.15) is 49.0 Å². The maximum Gasteiger partial charge on any atom is 0.177 e. The highest BCUT2D eigenvalue weighted by Gasteiger charge is 2.40.